The van der Waals surface area contributed by atoms with Gasteiger partial charge in [-0.05, 0) is 74.9 Å². The molecule has 234 valence electrons. The Morgan fingerprint density at radius 1 is 0.432 bits per heavy atom. The van der Waals surface area contributed by atoms with Crippen LogP contribution in [0.2, 0.25) is 0 Å². The van der Waals surface area contributed by atoms with Gasteiger partial charge < -0.3 is 40.9 Å². The average Bonchev–Trinajstić information content (AvgIpc) is 2.99. The van der Waals surface area contributed by atoms with Gasteiger partial charge in [0.05, 0.1) is 26.4 Å². The van der Waals surface area contributed by atoms with Crippen LogP contribution in [-0.2, 0) is 26.4 Å². The number of benzene rings is 4. The minimum Gasteiger partial charge on any atom is -0.507 e. The molecule has 0 saturated carbocycles. The summed E-state index contributed by atoms with van der Waals surface area (Å²) in [4.78, 5) is 0. The van der Waals surface area contributed by atoms with Crippen LogP contribution in [0.25, 0.3) is 0 Å². The molecule has 0 aliphatic rings. The van der Waals surface area contributed by atoms with Crippen LogP contribution in [0, 0.1) is 41.5 Å². The van der Waals surface area contributed by atoms with E-state index in [1.807, 2.05) is 13.8 Å². The molecule has 0 heterocycles. The zero-order chi connectivity index (χ0) is 32.6. The van der Waals surface area contributed by atoms with Crippen LogP contribution in [-0.4, -0.2) is 40.9 Å². The standard InChI is InChI=1S/C36H42O8/c1-17-7-23(13-37)35(43)27(9-17)32(28-10-18(2)8-24(14-38)36(28)44)31(25-11-19(3)33(41)29(15-39)21(25)5)26-12-20(4)34(42)30(16-40)22(26)6/h7-12,31-32,37-44H,13-16H2,1-6H3. The van der Waals surface area contributed by atoms with Crippen molar-refractivity contribution in [3.05, 3.63) is 114 Å². The molecule has 0 amide bonds. The van der Waals surface area contributed by atoms with Crippen LogP contribution in [0.4, 0.5) is 0 Å². The Balaban J connectivity index is 2.31. The maximum Gasteiger partial charge on any atom is 0.124 e. The number of aliphatic hydroxyl groups is 4. The fourth-order valence-corrected chi connectivity index (χ4v) is 6.57. The van der Waals surface area contributed by atoms with Gasteiger partial charge in [0.1, 0.15) is 23.0 Å². The molecule has 0 bridgehead atoms. The number of aryl methyl sites for hydroxylation is 4. The largest absolute Gasteiger partial charge is 0.507 e. The summed E-state index contributed by atoms with van der Waals surface area (Å²) in [6.45, 7) is 8.94. The predicted molar refractivity (Wildman–Crippen MR) is 168 cm³/mol. The van der Waals surface area contributed by atoms with E-state index in [0.29, 0.717) is 66.8 Å². The van der Waals surface area contributed by atoms with Gasteiger partial charge in [-0.3, -0.25) is 0 Å². The Kier molecular flexibility index (Phi) is 9.61. The van der Waals surface area contributed by atoms with Crippen LogP contribution in [0.15, 0.2) is 36.4 Å². The summed E-state index contributed by atoms with van der Waals surface area (Å²) >= 11 is 0. The average molecular weight is 603 g/mol. The summed E-state index contributed by atoms with van der Waals surface area (Å²) in [7, 11) is 0. The molecule has 8 heteroatoms. The minimum atomic E-state index is -0.853. The summed E-state index contributed by atoms with van der Waals surface area (Å²) in [6, 6.07) is 10.6. The van der Waals surface area contributed by atoms with Crippen LogP contribution in [0.1, 0.15) is 89.7 Å². The molecule has 4 aromatic rings. The van der Waals surface area contributed by atoms with E-state index in [1.54, 1.807) is 64.1 Å². The lowest BCUT2D eigenvalue weighted by Crippen LogP contribution is -2.20. The fourth-order valence-electron chi connectivity index (χ4n) is 6.57. The monoisotopic (exact) mass is 602 g/mol. The maximum absolute atomic E-state index is 11.7. The van der Waals surface area contributed by atoms with Crippen molar-refractivity contribution in [1.29, 1.82) is 0 Å². The van der Waals surface area contributed by atoms with Crippen molar-refractivity contribution < 1.29 is 40.9 Å². The molecule has 4 aromatic carbocycles. The molecule has 0 aliphatic carbocycles. The molecule has 0 aliphatic heterocycles. The van der Waals surface area contributed by atoms with Crippen LogP contribution >= 0.6 is 0 Å². The molecule has 0 unspecified atom stereocenters. The number of aliphatic hydroxyl groups excluding tert-OH is 4. The SMILES string of the molecule is Cc1cc(CO)c(O)c(C(c2cc(C)cc(CO)c2O)C(c2cc(C)c(O)c(CO)c2C)c2cc(C)c(O)c(CO)c2C)c1. The topological polar surface area (TPSA) is 162 Å². The number of aromatic hydroxyl groups is 4. The van der Waals surface area contributed by atoms with Crippen LogP contribution in [0.3, 0.4) is 0 Å². The molecule has 0 radical (unpaired) electrons. The Bertz CT molecular complexity index is 1600. The van der Waals surface area contributed by atoms with Crippen molar-refractivity contribution in [3.8, 4) is 23.0 Å². The Labute approximate surface area is 257 Å². The normalized spacial score (nSPS) is 11.6. The second kappa shape index (κ2) is 12.9. The summed E-state index contributed by atoms with van der Waals surface area (Å²) < 4.78 is 0. The molecule has 8 nitrogen and oxygen atoms in total. The van der Waals surface area contributed by atoms with Gasteiger partial charge in [-0.2, -0.15) is 0 Å². The highest BCUT2D eigenvalue weighted by molar-refractivity contribution is 5.62. The van der Waals surface area contributed by atoms with Gasteiger partial charge in [-0.1, -0.05) is 47.5 Å². The third kappa shape index (κ3) is 5.62. The smallest absolute Gasteiger partial charge is 0.124 e. The highest BCUT2D eigenvalue weighted by Crippen LogP contribution is 2.53. The third-order valence-corrected chi connectivity index (χ3v) is 8.89. The zero-order valence-electron chi connectivity index (χ0n) is 26.0. The zero-order valence-corrected chi connectivity index (χ0v) is 26.0. The van der Waals surface area contributed by atoms with Gasteiger partial charge >= 0.3 is 0 Å². The highest BCUT2D eigenvalue weighted by atomic mass is 16.3. The first-order valence-corrected chi connectivity index (χ1v) is 14.5. The Hall–Kier alpha value is -4.08. The third-order valence-electron chi connectivity index (χ3n) is 8.89. The summed E-state index contributed by atoms with van der Waals surface area (Å²) in [6.07, 6.45) is 0. The van der Waals surface area contributed by atoms with E-state index >= 15 is 0 Å². The first kappa shape index (κ1) is 32.8. The van der Waals surface area contributed by atoms with Gasteiger partial charge in [0.15, 0.2) is 0 Å². The predicted octanol–water partition coefficient (Wildman–Crippen LogP) is 5.29. The summed E-state index contributed by atoms with van der Waals surface area (Å²) in [5.74, 6) is -1.99. The molecule has 44 heavy (non-hydrogen) atoms. The van der Waals surface area contributed by atoms with Gasteiger partial charge in [0.2, 0.25) is 0 Å². The number of hydrogen-bond donors (Lipinski definition) is 8. The van der Waals surface area contributed by atoms with E-state index in [9.17, 15) is 40.9 Å². The molecular weight excluding hydrogens is 560 g/mol. The molecule has 0 atom stereocenters. The molecule has 0 fully saturated rings. The lowest BCUT2D eigenvalue weighted by molar-refractivity contribution is 0.272. The van der Waals surface area contributed by atoms with E-state index in [-0.39, 0.29) is 23.0 Å². The first-order chi connectivity index (χ1) is 20.8. The number of rotatable bonds is 9. The van der Waals surface area contributed by atoms with E-state index in [2.05, 4.69) is 0 Å². The van der Waals surface area contributed by atoms with Crippen molar-refractivity contribution in [1.82, 2.24) is 0 Å². The van der Waals surface area contributed by atoms with Gasteiger partial charge in [-0.15, -0.1) is 0 Å². The molecule has 0 aromatic heterocycles. The summed E-state index contributed by atoms with van der Waals surface area (Å²) in [5.41, 5.74) is 7.07. The maximum atomic E-state index is 11.7. The summed E-state index contributed by atoms with van der Waals surface area (Å²) in [5, 5.41) is 86.1. The molecule has 0 saturated heterocycles. The van der Waals surface area contributed by atoms with Crippen molar-refractivity contribution in [3.63, 3.8) is 0 Å². The minimum absolute atomic E-state index is 0.0411. The second-order valence-corrected chi connectivity index (χ2v) is 11.8. The quantitative estimate of drug-likeness (QED) is 0.128. The number of hydrogen-bond acceptors (Lipinski definition) is 8. The first-order valence-electron chi connectivity index (χ1n) is 14.5. The van der Waals surface area contributed by atoms with Crippen LogP contribution in [0.5, 0.6) is 23.0 Å². The van der Waals surface area contributed by atoms with Crippen molar-refractivity contribution >= 4 is 0 Å². The van der Waals surface area contributed by atoms with Gasteiger partial charge in [-0.25, -0.2) is 0 Å². The Morgan fingerprint density at radius 3 is 1.09 bits per heavy atom. The highest BCUT2D eigenvalue weighted by Gasteiger charge is 2.37. The van der Waals surface area contributed by atoms with Crippen molar-refractivity contribution in [2.45, 2.75) is 79.8 Å². The van der Waals surface area contributed by atoms with E-state index in [1.165, 1.54) is 0 Å². The molecule has 8 N–H and O–H groups in total. The fraction of sp³-hybridized carbons (Fsp3) is 0.333. The van der Waals surface area contributed by atoms with Gasteiger partial charge in [0.25, 0.3) is 0 Å². The second-order valence-electron chi connectivity index (χ2n) is 11.8. The number of phenols is 4. The lowest BCUT2D eigenvalue weighted by Gasteiger charge is -2.35. The molecule has 0 spiro atoms. The molecular formula is C36H42O8. The Morgan fingerprint density at radius 2 is 0.773 bits per heavy atom. The van der Waals surface area contributed by atoms with E-state index in [4.69, 9.17) is 0 Å². The van der Waals surface area contributed by atoms with Crippen molar-refractivity contribution in [2.24, 2.45) is 0 Å². The van der Waals surface area contributed by atoms with E-state index < -0.39 is 38.3 Å². The van der Waals surface area contributed by atoms with Crippen molar-refractivity contribution in [2.75, 3.05) is 0 Å². The van der Waals surface area contributed by atoms with Crippen LogP contribution < -0.4 is 0 Å². The lowest BCUT2D eigenvalue weighted by atomic mass is 9.69. The molecule has 4 rings (SSSR count). The van der Waals surface area contributed by atoms with E-state index in [0.717, 1.165) is 11.1 Å². The van der Waals surface area contributed by atoms with Gasteiger partial charge in [0, 0.05) is 45.2 Å².